The van der Waals surface area contributed by atoms with Crippen LogP contribution in [0.25, 0.3) is 0 Å². The highest BCUT2D eigenvalue weighted by molar-refractivity contribution is 9.10. The number of aromatic nitrogens is 1. The zero-order valence-electron chi connectivity index (χ0n) is 11.1. The smallest absolute Gasteiger partial charge is 0.321 e. The van der Waals surface area contributed by atoms with Crippen LogP contribution in [0.3, 0.4) is 0 Å². The number of halogens is 4. The zero-order chi connectivity index (χ0) is 17.3. The van der Waals surface area contributed by atoms with Gasteiger partial charge in [-0.3, -0.25) is 4.79 Å². The molecule has 0 aliphatic rings. The average Bonchev–Trinajstić information content (AvgIpc) is 2.48. The summed E-state index contributed by atoms with van der Waals surface area (Å²) in [5, 5.41) is 0.997. The van der Waals surface area contributed by atoms with Gasteiger partial charge >= 0.3 is 5.51 Å². The van der Waals surface area contributed by atoms with Gasteiger partial charge in [0.1, 0.15) is 0 Å². The van der Waals surface area contributed by atoms with Crippen molar-refractivity contribution in [1.29, 1.82) is 0 Å². The lowest BCUT2D eigenvalue weighted by Crippen LogP contribution is -2.27. The molecule has 0 aliphatic heterocycles. The standard InChI is InChI=1S/C13H8BrF3N2O3S/c14-9-5-1-2-6-10(9)19-11(20)8-4-3-7-18-12(8)23(21,22)13(15,16)17/h1-7H,(H,19,20). The van der Waals surface area contributed by atoms with Crippen LogP contribution in [0.5, 0.6) is 0 Å². The summed E-state index contributed by atoms with van der Waals surface area (Å²) in [6.45, 7) is 0. The van der Waals surface area contributed by atoms with Crippen molar-refractivity contribution >= 4 is 37.4 Å². The Morgan fingerprint density at radius 1 is 1.13 bits per heavy atom. The quantitative estimate of drug-likeness (QED) is 0.844. The zero-order valence-corrected chi connectivity index (χ0v) is 13.5. The Kier molecular flexibility index (Phi) is 4.76. The number of carbonyl (C=O) groups excluding carboxylic acids is 1. The third kappa shape index (κ3) is 3.53. The van der Waals surface area contributed by atoms with Crippen LogP contribution in [-0.4, -0.2) is 24.8 Å². The molecular formula is C13H8BrF3N2O3S. The van der Waals surface area contributed by atoms with E-state index in [0.717, 1.165) is 12.3 Å². The monoisotopic (exact) mass is 408 g/mol. The molecule has 1 N–H and O–H groups in total. The second-order valence-electron chi connectivity index (χ2n) is 4.24. The molecule has 0 atom stereocenters. The number of hydrogen-bond donors (Lipinski definition) is 1. The summed E-state index contributed by atoms with van der Waals surface area (Å²) in [5.74, 6) is -1.02. The van der Waals surface area contributed by atoms with Crippen LogP contribution in [0, 0.1) is 0 Å². The van der Waals surface area contributed by atoms with E-state index in [-0.39, 0.29) is 5.69 Å². The summed E-state index contributed by atoms with van der Waals surface area (Å²) in [6, 6.07) is 8.49. The first-order chi connectivity index (χ1) is 10.6. The van der Waals surface area contributed by atoms with E-state index >= 15 is 0 Å². The maximum absolute atomic E-state index is 12.7. The molecule has 23 heavy (non-hydrogen) atoms. The van der Waals surface area contributed by atoms with Gasteiger partial charge in [-0.2, -0.15) is 13.2 Å². The summed E-state index contributed by atoms with van der Waals surface area (Å²) in [7, 11) is -5.74. The molecule has 1 aromatic carbocycles. The van der Waals surface area contributed by atoms with Gasteiger partial charge < -0.3 is 5.32 Å². The first-order valence-electron chi connectivity index (χ1n) is 5.97. The number of benzene rings is 1. The number of sulfone groups is 1. The molecule has 0 bridgehead atoms. The van der Waals surface area contributed by atoms with Gasteiger partial charge in [0, 0.05) is 10.7 Å². The molecule has 10 heteroatoms. The van der Waals surface area contributed by atoms with E-state index < -0.39 is 31.8 Å². The van der Waals surface area contributed by atoms with E-state index in [1.54, 1.807) is 18.2 Å². The minimum absolute atomic E-state index is 0.275. The van der Waals surface area contributed by atoms with Crippen LogP contribution in [0.4, 0.5) is 18.9 Å². The number of rotatable bonds is 3. The Bertz CT molecular complexity index is 854. The predicted octanol–water partition coefficient (Wildman–Crippen LogP) is 3.39. The molecule has 0 unspecified atom stereocenters. The van der Waals surface area contributed by atoms with Crippen LogP contribution >= 0.6 is 15.9 Å². The second kappa shape index (κ2) is 6.28. The minimum Gasteiger partial charge on any atom is -0.321 e. The van der Waals surface area contributed by atoms with Crippen molar-refractivity contribution in [3.05, 3.63) is 52.6 Å². The molecule has 1 amide bonds. The van der Waals surface area contributed by atoms with Crippen LogP contribution in [0.1, 0.15) is 10.4 Å². The lowest BCUT2D eigenvalue weighted by Gasteiger charge is -2.12. The van der Waals surface area contributed by atoms with Crippen LogP contribution in [0.15, 0.2) is 52.1 Å². The van der Waals surface area contributed by atoms with E-state index in [1.807, 2.05) is 0 Å². The SMILES string of the molecule is O=C(Nc1ccccc1Br)c1cccnc1S(=O)(=O)C(F)(F)F. The molecule has 0 saturated carbocycles. The number of anilines is 1. The molecule has 2 aromatic rings. The molecule has 122 valence electrons. The Morgan fingerprint density at radius 3 is 2.39 bits per heavy atom. The van der Waals surface area contributed by atoms with Gasteiger partial charge in [0.15, 0.2) is 5.03 Å². The van der Waals surface area contributed by atoms with Gasteiger partial charge in [-0.05, 0) is 40.2 Å². The second-order valence-corrected chi connectivity index (χ2v) is 6.95. The maximum atomic E-state index is 12.7. The maximum Gasteiger partial charge on any atom is 0.503 e. The summed E-state index contributed by atoms with van der Waals surface area (Å²) in [4.78, 5) is 15.4. The first-order valence-corrected chi connectivity index (χ1v) is 8.24. The lowest BCUT2D eigenvalue weighted by atomic mass is 10.2. The number of nitrogens with zero attached hydrogens (tertiary/aromatic N) is 1. The van der Waals surface area contributed by atoms with E-state index in [4.69, 9.17) is 0 Å². The molecule has 5 nitrogen and oxygen atoms in total. The third-order valence-electron chi connectivity index (χ3n) is 2.70. The van der Waals surface area contributed by atoms with Gasteiger partial charge in [0.05, 0.1) is 11.3 Å². The normalized spacial score (nSPS) is 12.0. The fourth-order valence-corrected chi connectivity index (χ4v) is 2.89. The van der Waals surface area contributed by atoms with Crippen molar-refractivity contribution in [3.63, 3.8) is 0 Å². The summed E-state index contributed by atoms with van der Waals surface area (Å²) in [6.07, 6.45) is 0.869. The topological polar surface area (TPSA) is 76.1 Å². The molecule has 0 fully saturated rings. The Labute approximate surface area is 137 Å². The van der Waals surface area contributed by atoms with E-state index in [9.17, 15) is 26.4 Å². The van der Waals surface area contributed by atoms with Gasteiger partial charge in [-0.15, -0.1) is 0 Å². The molecule has 0 spiro atoms. The fourth-order valence-electron chi connectivity index (χ4n) is 1.64. The van der Waals surface area contributed by atoms with E-state index in [2.05, 4.69) is 26.2 Å². The van der Waals surface area contributed by atoms with Crippen molar-refractivity contribution in [1.82, 2.24) is 4.98 Å². The van der Waals surface area contributed by atoms with Gasteiger partial charge in [0.2, 0.25) is 0 Å². The van der Waals surface area contributed by atoms with Crippen molar-refractivity contribution in [2.45, 2.75) is 10.5 Å². The molecule has 2 rings (SSSR count). The third-order valence-corrected chi connectivity index (χ3v) is 4.83. The number of alkyl halides is 3. The first kappa shape index (κ1) is 17.4. The highest BCUT2D eigenvalue weighted by Gasteiger charge is 2.49. The van der Waals surface area contributed by atoms with E-state index in [1.165, 1.54) is 12.1 Å². The molecule has 0 saturated heterocycles. The number of para-hydroxylation sites is 1. The molecule has 1 heterocycles. The van der Waals surface area contributed by atoms with Crippen molar-refractivity contribution in [2.24, 2.45) is 0 Å². The molecular weight excluding hydrogens is 401 g/mol. The fraction of sp³-hybridized carbons (Fsp3) is 0.0769. The molecule has 0 radical (unpaired) electrons. The summed E-state index contributed by atoms with van der Waals surface area (Å²) < 4.78 is 61.6. The predicted molar refractivity (Wildman–Crippen MR) is 79.6 cm³/mol. The number of carbonyl (C=O) groups is 1. The Morgan fingerprint density at radius 2 is 1.78 bits per heavy atom. The van der Waals surface area contributed by atoms with Crippen LogP contribution in [0.2, 0.25) is 0 Å². The van der Waals surface area contributed by atoms with Crippen LogP contribution in [-0.2, 0) is 9.84 Å². The van der Waals surface area contributed by atoms with Gasteiger partial charge in [-0.25, -0.2) is 13.4 Å². The summed E-state index contributed by atoms with van der Waals surface area (Å²) in [5.41, 5.74) is -5.97. The molecule has 0 aliphatic carbocycles. The summed E-state index contributed by atoms with van der Waals surface area (Å²) >= 11 is 3.16. The number of amides is 1. The van der Waals surface area contributed by atoms with Crippen LogP contribution < -0.4 is 5.32 Å². The number of nitrogens with one attached hydrogen (secondary N) is 1. The molecule has 1 aromatic heterocycles. The highest BCUT2D eigenvalue weighted by Crippen LogP contribution is 2.31. The van der Waals surface area contributed by atoms with Crippen molar-refractivity contribution < 1.29 is 26.4 Å². The number of pyridine rings is 1. The van der Waals surface area contributed by atoms with Crippen molar-refractivity contribution in [3.8, 4) is 0 Å². The van der Waals surface area contributed by atoms with E-state index in [0.29, 0.717) is 4.47 Å². The van der Waals surface area contributed by atoms with Gasteiger partial charge in [-0.1, -0.05) is 12.1 Å². The van der Waals surface area contributed by atoms with Gasteiger partial charge in [0.25, 0.3) is 15.7 Å². The Balaban J connectivity index is 2.46. The largest absolute Gasteiger partial charge is 0.503 e. The minimum atomic E-state index is -5.74. The van der Waals surface area contributed by atoms with Crippen molar-refractivity contribution in [2.75, 3.05) is 5.32 Å². The highest BCUT2D eigenvalue weighted by atomic mass is 79.9. The average molecular weight is 409 g/mol. The number of hydrogen-bond acceptors (Lipinski definition) is 4. The lowest BCUT2D eigenvalue weighted by molar-refractivity contribution is -0.0438. The Hall–Kier alpha value is -1.94.